The third-order valence-electron chi connectivity index (χ3n) is 3.19. The molecule has 0 atom stereocenters. The average Bonchev–Trinajstić information content (AvgIpc) is 2.49. The number of hydrogen-bond acceptors (Lipinski definition) is 5. The van der Waals surface area contributed by atoms with E-state index in [1.165, 1.54) is 5.56 Å². The topological polar surface area (TPSA) is 73.1 Å². The number of nitrogens with one attached hydrogen (secondary N) is 1. The molecule has 1 aromatic carbocycles. The molecule has 1 aromatic heterocycles. The van der Waals surface area contributed by atoms with Crippen molar-refractivity contribution in [1.82, 2.24) is 9.97 Å². The number of anilines is 2. The van der Waals surface area contributed by atoms with Crippen molar-refractivity contribution in [2.24, 2.45) is 0 Å². The largest absolute Gasteiger partial charge is 0.479 e. The lowest BCUT2D eigenvalue weighted by Gasteiger charge is -2.14. The van der Waals surface area contributed by atoms with E-state index in [1.54, 1.807) is 7.11 Å². The Bertz CT molecular complexity index is 584. The van der Waals surface area contributed by atoms with Crippen molar-refractivity contribution in [2.45, 2.75) is 26.2 Å². The van der Waals surface area contributed by atoms with E-state index >= 15 is 0 Å². The van der Waals surface area contributed by atoms with Gasteiger partial charge in [0.2, 0.25) is 5.88 Å². The maximum Gasteiger partial charge on any atom is 0.242 e. The molecule has 2 rings (SSSR count). The highest BCUT2D eigenvalue weighted by molar-refractivity contribution is 5.67. The molecule has 2 aromatic rings. The number of nitrogens with two attached hydrogens (primary N) is 1. The van der Waals surface area contributed by atoms with E-state index in [2.05, 4.69) is 27.4 Å². The first kappa shape index (κ1) is 15.1. The molecule has 3 N–H and O–H groups in total. The summed E-state index contributed by atoms with van der Waals surface area (Å²) >= 11 is 0. The number of ether oxygens (including phenoxy) is 1. The van der Waals surface area contributed by atoms with Gasteiger partial charge in [0.15, 0.2) is 5.82 Å². The van der Waals surface area contributed by atoms with Crippen LogP contribution in [0.5, 0.6) is 5.88 Å². The lowest BCUT2D eigenvalue weighted by molar-refractivity contribution is 0.396. The van der Waals surface area contributed by atoms with Gasteiger partial charge in [-0.1, -0.05) is 44.2 Å². The maximum absolute atomic E-state index is 6.03. The number of hydrogen-bond donors (Lipinski definition) is 2. The Morgan fingerprint density at radius 3 is 2.52 bits per heavy atom. The quantitative estimate of drug-likeness (QED) is 0.854. The molecule has 112 valence electrons. The summed E-state index contributed by atoms with van der Waals surface area (Å²) in [7, 11) is 1.57. The molecular weight excluding hydrogens is 264 g/mol. The SMILES string of the molecule is COc1nc(C(C)C)nc(NCCc2ccccc2)c1N. The van der Waals surface area contributed by atoms with Crippen LogP contribution >= 0.6 is 0 Å². The van der Waals surface area contributed by atoms with Gasteiger partial charge in [-0.15, -0.1) is 0 Å². The van der Waals surface area contributed by atoms with Gasteiger partial charge in [0, 0.05) is 12.5 Å². The van der Waals surface area contributed by atoms with Crippen molar-refractivity contribution in [1.29, 1.82) is 0 Å². The van der Waals surface area contributed by atoms with Crippen LogP contribution in [0, 0.1) is 0 Å². The Labute approximate surface area is 125 Å². The molecule has 0 saturated heterocycles. The number of benzene rings is 1. The minimum atomic E-state index is 0.217. The summed E-state index contributed by atoms with van der Waals surface area (Å²) in [5.41, 5.74) is 7.76. The second kappa shape index (κ2) is 6.92. The third kappa shape index (κ3) is 3.84. The van der Waals surface area contributed by atoms with Crippen LogP contribution in [-0.2, 0) is 6.42 Å². The molecular formula is C16H22N4O. The van der Waals surface area contributed by atoms with Crippen LogP contribution < -0.4 is 15.8 Å². The molecule has 0 fully saturated rings. The number of aromatic nitrogens is 2. The van der Waals surface area contributed by atoms with E-state index in [0.717, 1.165) is 18.8 Å². The molecule has 1 heterocycles. The minimum Gasteiger partial charge on any atom is -0.479 e. The molecule has 5 nitrogen and oxygen atoms in total. The van der Waals surface area contributed by atoms with Crippen LogP contribution in [0.15, 0.2) is 30.3 Å². The summed E-state index contributed by atoms with van der Waals surface area (Å²) in [5.74, 6) is 2.01. The molecule has 0 aliphatic rings. The highest BCUT2D eigenvalue weighted by Gasteiger charge is 2.14. The van der Waals surface area contributed by atoms with E-state index < -0.39 is 0 Å². The van der Waals surface area contributed by atoms with Gasteiger partial charge in [-0.25, -0.2) is 4.98 Å². The van der Waals surface area contributed by atoms with Gasteiger partial charge in [-0.3, -0.25) is 0 Å². The molecule has 0 unspecified atom stereocenters. The summed E-state index contributed by atoms with van der Waals surface area (Å²) < 4.78 is 5.22. The van der Waals surface area contributed by atoms with Gasteiger partial charge >= 0.3 is 0 Å². The van der Waals surface area contributed by atoms with E-state index in [4.69, 9.17) is 10.5 Å². The minimum absolute atomic E-state index is 0.217. The first-order valence-corrected chi connectivity index (χ1v) is 7.11. The number of nitrogen functional groups attached to an aromatic ring is 1. The fraction of sp³-hybridized carbons (Fsp3) is 0.375. The zero-order valence-corrected chi connectivity index (χ0v) is 12.8. The van der Waals surface area contributed by atoms with Gasteiger partial charge in [0.1, 0.15) is 11.5 Å². The summed E-state index contributed by atoms with van der Waals surface area (Å²) in [5, 5.41) is 3.28. The highest BCUT2D eigenvalue weighted by atomic mass is 16.5. The standard InChI is InChI=1S/C16H22N4O/c1-11(2)14-19-15(13(17)16(20-14)21-3)18-10-9-12-7-5-4-6-8-12/h4-8,11H,9-10,17H2,1-3H3,(H,18,19,20). The average molecular weight is 286 g/mol. The van der Waals surface area contributed by atoms with Crippen LogP contribution in [-0.4, -0.2) is 23.6 Å². The Hall–Kier alpha value is -2.30. The van der Waals surface area contributed by atoms with Crippen molar-refractivity contribution in [3.8, 4) is 5.88 Å². The maximum atomic E-state index is 6.03. The lowest BCUT2D eigenvalue weighted by Crippen LogP contribution is -2.12. The Morgan fingerprint density at radius 2 is 1.90 bits per heavy atom. The van der Waals surface area contributed by atoms with Crippen molar-refractivity contribution < 1.29 is 4.74 Å². The van der Waals surface area contributed by atoms with E-state index in [0.29, 0.717) is 17.4 Å². The predicted molar refractivity (Wildman–Crippen MR) is 85.7 cm³/mol. The molecule has 0 spiro atoms. The third-order valence-corrected chi connectivity index (χ3v) is 3.19. The summed E-state index contributed by atoms with van der Waals surface area (Å²) in [6.45, 7) is 4.84. The molecule has 0 bridgehead atoms. The van der Waals surface area contributed by atoms with Crippen LogP contribution in [0.25, 0.3) is 0 Å². The number of rotatable bonds is 6. The lowest BCUT2D eigenvalue weighted by atomic mass is 10.1. The van der Waals surface area contributed by atoms with Gasteiger partial charge in [-0.2, -0.15) is 4.98 Å². The predicted octanol–water partition coefficient (Wildman–Crippen LogP) is 2.85. The van der Waals surface area contributed by atoms with Crippen molar-refractivity contribution in [3.05, 3.63) is 41.7 Å². The van der Waals surface area contributed by atoms with Crippen LogP contribution in [0.3, 0.4) is 0 Å². The molecule has 0 aliphatic heterocycles. The molecule has 0 aliphatic carbocycles. The Morgan fingerprint density at radius 1 is 1.19 bits per heavy atom. The van der Waals surface area contributed by atoms with Gasteiger partial charge in [0.05, 0.1) is 7.11 Å². The van der Waals surface area contributed by atoms with Gasteiger partial charge in [-0.05, 0) is 12.0 Å². The molecule has 0 amide bonds. The van der Waals surface area contributed by atoms with Crippen LogP contribution in [0.2, 0.25) is 0 Å². The smallest absolute Gasteiger partial charge is 0.242 e. The number of methoxy groups -OCH3 is 1. The second-order valence-electron chi connectivity index (χ2n) is 5.17. The summed E-state index contributed by atoms with van der Waals surface area (Å²) in [4.78, 5) is 8.80. The van der Waals surface area contributed by atoms with E-state index in [9.17, 15) is 0 Å². The molecule has 5 heteroatoms. The van der Waals surface area contributed by atoms with Crippen molar-refractivity contribution in [2.75, 3.05) is 24.7 Å². The zero-order chi connectivity index (χ0) is 15.2. The molecule has 0 radical (unpaired) electrons. The zero-order valence-electron chi connectivity index (χ0n) is 12.8. The van der Waals surface area contributed by atoms with Gasteiger partial charge in [0.25, 0.3) is 0 Å². The Balaban J connectivity index is 2.10. The second-order valence-corrected chi connectivity index (χ2v) is 5.17. The first-order valence-electron chi connectivity index (χ1n) is 7.11. The van der Waals surface area contributed by atoms with Crippen LogP contribution in [0.4, 0.5) is 11.5 Å². The van der Waals surface area contributed by atoms with Crippen molar-refractivity contribution >= 4 is 11.5 Å². The molecule has 21 heavy (non-hydrogen) atoms. The van der Waals surface area contributed by atoms with Crippen molar-refractivity contribution in [3.63, 3.8) is 0 Å². The van der Waals surface area contributed by atoms with E-state index in [1.807, 2.05) is 32.0 Å². The van der Waals surface area contributed by atoms with Crippen LogP contribution in [0.1, 0.15) is 31.2 Å². The fourth-order valence-corrected chi connectivity index (χ4v) is 1.98. The summed E-state index contributed by atoms with van der Waals surface area (Å²) in [6, 6.07) is 10.3. The first-order chi connectivity index (χ1) is 10.1. The number of nitrogens with zero attached hydrogens (tertiary/aromatic N) is 2. The highest BCUT2D eigenvalue weighted by Crippen LogP contribution is 2.27. The summed E-state index contributed by atoms with van der Waals surface area (Å²) in [6.07, 6.45) is 0.906. The normalized spacial score (nSPS) is 10.7. The molecule has 0 saturated carbocycles. The van der Waals surface area contributed by atoms with Gasteiger partial charge < -0.3 is 15.8 Å². The fourth-order valence-electron chi connectivity index (χ4n) is 1.98. The Kier molecular flexibility index (Phi) is 4.98. The monoisotopic (exact) mass is 286 g/mol. The van der Waals surface area contributed by atoms with E-state index in [-0.39, 0.29) is 5.92 Å².